The molecule has 0 atom stereocenters. The lowest BCUT2D eigenvalue weighted by molar-refractivity contribution is 0.197. The Balaban J connectivity index is 1.52. The predicted molar refractivity (Wildman–Crippen MR) is 88.3 cm³/mol. The highest BCUT2D eigenvalue weighted by molar-refractivity contribution is 5.78. The molecule has 112 valence electrons. The average molecular weight is 283 g/mol. The molecule has 21 heavy (non-hydrogen) atoms. The zero-order valence-electron chi connectivity index (χ0n) is 12.9. The van der Waals surface area contributed by atoms with E-state index in [1.165, 1.54) is 44.3 Å². The molecule has 2 heterocycles. The minimum absolute atomic E-state index is 0.645. The van der Waals surface area contributed by atoms with Crippen molar-refractivity contribution in [2.45, 2.75) is 38.8 Å². The second kappa shape index (κ2) is 7.01. The fourth-order valence-electron chi connectivity index (χ4n) is 3.13. The van der Waals surface area contributed by atoms with Crippen molar-refractivity contribution in [1.82, 2.24) is 15.2 Å². The maximum Gasteiger partial charge on any atom is 0.0705 e. The van der Waals surface area contributed by atoms with E-state index in [-0.39, 0.29) is 0 Å². The zero-order chi connectivity index (χ0) is 14.5. The zero-order valence-corrected chi connectivity index (χ0v) is 12.9. The number of hydrogen-bond acceptors (Lipinski definition) is 3. The molecule has 0 spiro atoms. The van der Waals surface area contributed by atoms with Crippen LogP contribution in [0.3, 0.4) is 0 Å². The van der Waals surface area contributed by atoms with Crippen LogP contribution in [0.4, 0.5) is 0 Å². The largest absolute Gasteiger partial charge is 0.308 e. The second-order valence-corrected chi connectivity index (χ2v) is 5.99. The normalized spacial score (nSPS) is 17.4. The Bertz CT molecular complexity index is 573. The van der Waals surface area contributed by atoms with Gasteiger partial charge in [0.25, 0.3) is 0 Å². The van der Waals surface area contributed by atoms with E-state index in [0.29, 0.717) is 6.04 Å². The standard InChI is InChI=1S/C18H25N3/c1-2-11-21-12-9-16(10-13-21)19-14-17-8-7-15-5-3-4-6-18(15)20-17/h3-8,16,19H,2,9-14H2,1H3. The number of para-hydroxylation sites is 1. The van der Waals surface area contributed by atoms with E-state index in [4.69, 9.17) is 4.98 Å². The Morgan fingerprint density at radius 1 is 1.14 bits per heavy atom. The van der Waals surface area contributed by atoms with Crippen molar-refractivity contribution in [3.63, 3.8) is 0 Å². The van der Waals surface area contributed by atoms with Crippen LogP contribution in [-0.4, -0.2) is 35.6 Å². The fourth-order valence-corrected chi connectivity index (χ4v) is 3.13. The first-order valence-electron chi connectivity index (χ1n) is 8.15. The molecule has 1 aromatic heterocycles. The molecular weight excluding hydrogens is 258 g/mol. The van der Waals surface area contributed by atoms with E-state index >= 15 is 0 Å². The third-order valence-corrected chi connectivity index (χ3v) is 4.36. The van der Waals surface area contributed by atoms with Gasteiger partial charge in [0.05, 0.1) is 11.2 Å². The molecule has 2 aromatic rings. The van der Waals surface area contributed by atoms with Crippen LogP contribution in [0, 0.1) is 0 Å². The molecule has 0 amide bonds. The van der Waals surface area contributed by atoms with Gasteiger partial charge in [-0.1, -0.05) is 31.2 Å². The molecule has 1 saturated heterocycles. The molecule has 0 saturated carbocycles. The summed E-state index contributed by atoms with van der Waals surface area (Å²) in [5.41, 5.74) is 2.24. The smallest absolute Gasteiger partial charge is 0.0705 e. The van der Waals surface area contributed by atoms with Gasteiger partial charge in [-0.2, -0.15) is 0 Å². The highest BCUT2D eigenvalue weighted by Gasteiger charge is 2.17. The number of piperidine rings is 1. The molecule has 1 aliphatic heterocycles. The van der Waals surface area contributed by atoms with Crippen molar-refractivity contribution in [3.8, 4) is 0 Å². The van der Waals surface area contributed by atoms with Crippen LogP contribution in [-0.2, 0) is 6.54 Å². The van der Waals surface area contributed by atoms with Crippen LogP contribution in [0.2, 0.25) is 0 Å². The average Bonchev–Trinajstić information content (AvgIpc) is 2.54. The summed E-state index contributed by atoms with van der Waals surface area (Å²) in [5.74, 6) is 0. The van der Waals surface area contributed by atoms with E-state index in [1.807, 2.05) is 0 Å². The van der Waals surface area contributed by atoms with Crippen molar-refractivity contribution in [2.24, 2.45) is 0 Å². The fraction of sp³-hybridized carbons (Fsp3) is 0.500. The van der Waals surface area contributed by atoms with Crippen molar-refractivity contribution in [2.75, 3.05) is 19.6 Å². The number of likely N-dealkylation sites (tertiary alicyclic amines) is 1. The topological polar surface area (TPSA) is 28.2 Å². The Labute approximate surface area is 127 Å². The van der Waals surface area contributed by atoms with Gasteiger partial charge >= 0.3 is 0 Å². The number of aromatic nitrogens is 1. The summed E-state index contributed by atoms with van der Waals surface area (Å²) in [4.78, 5) is 7.31. The lowest BCUT2D eigenvalue weighted by Crippen LogP contribution is -2.42. The molecule has 1 fully saturated rings. The van der Waals surface area contributed by atoms with Crippen molar-refractivity contribution < 1.29 is 0 Å². The predicted octanol–water partition coefficient (Wildman–Crippen LogP) is 3.20. The Morgan fingerprint density at radius 3 is 2.76 bits per heavy atom. The number of fused-ring (bicyclic) bond motifs is 1. The summed E-state index contributed by atoms with van der Waals surface area (Å²) in [7, 11) is 0. The van der Waals surface area contributed by atoms with Crippen molar-refractivity contribution >= 4 is 10.9 Å². The van der Waals surface area contributed by atoms with E-state index in [0.717, 1.165) is 17.8 Å². The van der Waals surface area contributed by atoms with Gasteiger partial charge in [-0.05, 0) is 51.0 Å². The van der Waals surface area contributed by atoms with Gasteiger partial charge in [-0.3, -0.25) is 4.98 Å². The first kappa shape index (κ1) is 14.5. The SMILES string of the molecule is CCCN1CCC(NCc2ccc3ccccc3n2)CC1. The number of benzene rings is 1. The van der Waals surface area contributed by atoms with Gasteiger partial charge in [0.1, 0.15) is 0 Å². The summed E-state index contributed by atoms with van der Waals surface area (Å²) >= 11 is 0. The Morgan fingerprint density at radius 2 is 1.95 bits per heavy atom. The third-order valence-electron chi connectivity index (χ3n) is 4.36. The number of nitrogens with zero attached hydrogens (tertiary/aromatic N) is 2. The lowest BCUT2D eigenvalue weighted by atomic mass is 10.0. The lowest BCUT2D eigenvalue weighted by Gasteiger charge is -2.32. The molecule has 3 heteroatoms. The molecule has 0 unspecified atom stereocenters. The molecule has 1 aliphatic rings. The molecule has 1 aromatic carbocycles. The summed E-state index contributed by atoms with van der Waals surface area (Å²) in [6.07, 6.45) is 3.78. The molecule has 0 radical (unpaired) electrons. The van der Waals surface area contributed by atoms with Crippen molar-refractivity contribution in [3.05, 3.63) is 42.1 Å². The quantitative estimate of drug-likeness (QED) is 0.913. The van der Waals surface area contributed by atoms with E-state index in [2.05, 4.69) is 53.5 Å². The van der Waals surface area contributed by atoms with E-state index in [1.54, 1.807) is 0 Å². The molecule has 3 nitrogen and oxygen atoms in total. The van der Waals surface area contributed by atoms with Gasteiger partial charge in [0.2, 0.25) is 0 Å². The van der Waals surface area contributed by atoms with E-state index in [9.17, 15) is 0 Å². The van der Waals surface area contributed by atoms with Crippen LogP contribution in [0.5, 0.6) is 0 Å². The van der Waals surface area contributed by atoms with Crippen LogP contribution in [0.25, 0.3) is 10.9 Å². The van der Waals surface area contributed by atoms with Crippen LogP contribution >= 0.6 is 0 Å². The Kier molecular flexibility index (Phi) is 4.84. The number of rotatable bonds is 5. The molecule has 0 aliphatic carbocycles. The number of nitrogens with one attached hydrogen (secondary N) is 1. The molecule has 3 rings (SSSR count). The first-order valence-corrected chi connectivity index (χ1v) is 8.15. The summed E-state index contributed by atoms with van der Waals surface area (Å²) in [6, 6.07) is 13.3. The molecule has 1 N–H and O–H groups in total. The van der Waals surface area contributed by atoms with E-state index < -0.39 is 0 Å². The van der Waals surface area contributed by atoms with Crippen LogP contribution in [0.1, 0.15) is 31.9 Å². The highest BCUT2D eigenvalue weighted by Crippen LogP contribution is 2.14. The van der Waals surface area contributed by atoms with Gasteiger partial charge in [0, 0.05) is 18.0 Å². The summed E-state index contributed by atoms with van der Waals surface area (Å²) in [6.45, 7) is 6.85. The monoisotopic (exact) mass is 283 g/mol. The number of hydrogen-bond donors (Lipinski definition) is 1. The molecule has 0 bridgehead atoms. The summed E-state index contributed by atoms with van der Waals surface area (Å²) < 4.78 is 0. The van der Waals surface area contributed by atoms with Crippen LogP contribution in [0.15, 0.2) is 36.4 Å². The first-order chi connectivity index (χ1) is 10.3. The van der Waals surface area contributed by atoms with Gasteiger partial charge in [-0.25, -0.2) is 0 Å². The maximum atomic E-state index is 4.73. The van der Waals surface area contributed by atoms with Gasteiger partial charge < -0.3 is 10.2 Å². The number of pyridine rings is 1. The highest BCUT2D eigenvalue weighted by atomic mass is 15.1. The van der Waals surface area contributed by atoms with Crippen LogP contribution < -0.4 is 5.32 Å². The third kappa shape index (κ3) is 3.80. The van der Waals surface area contributed by atoms with Gasteiger partial charge in [0.15, 0.2) is 0 Å². The second-order valence-electron chi connectivity index (χ2n) is 5.99. The minimum Gasteiger partial charge on any atom is -0.308 e. The van der Waals surface area contributed by atoms with Crippen molar-refractivity contribution in [1.29, 1.82) is 0 Å². The summed E-state index contributed by atoms with van der Waals surface area (Å²) in [5, 5.41) is 4.89. The maximum absolute atomic E-state index is 4.73. The Hall–Kier alpha value is -1.45. The minimum atomic E-state index is 0.645. The van der Waals surface area contributed by atoms with Gasteiger partial charge in [-0.15, -0.1) is 0 Å². The molecular formula is C18H25N3.